The van der Waals surface area contributed by atoms with Gasteiger partial charge in [-0.25, -0.2) is 0 Å². The summed E-state index contributed by atoms with van der Waals surface area (Å²) in [6, 6.07) is 7.98. The number of nitrogens with one attached hydrogen (secondary N) is 1. The average molecular weight is 291 g/mol. The monoisotopic (exact) mass is 291 g/mol. The molecule has 1 aromatic rings. The topological polar surface area (TPSA) is 49.3 Å². The molecule has 108 valence electrons. The number of hydrogen-bond donors (Lipinski definition) is 2. The number of aryl methyl sites for hydroxylation is 1. The minimum Gasteiger partial charge on any atom is -0.388 e. The van der Waals surface area contributed by atoms with Crippen molar-refractivity contribution in [1.29, 1.82) is 0 Å². The van der Waals surface area contributed by atoms with E-state index in [-0.39, 0.29) is 5.91 Å². The number of rotatable bonds is 4. The van der Waals surface area contributed by atoms with E-state index in [1.807, 2.05) is 43.0 Å². The molecule has 1 aliphatic rings. The van der Waals surface area contributed by atoms with Gasteiger partial charge in [-0.15, -0.1) is 0 Å². The fourth-order valence-electron chi connectivity index (χ4n) is 2.09. The average Bonchev–Trinajstić information content (AvgIpc) is 2.45. The Morgan fingerprint density at radius 2 is 2.00 bits per heavy atom. The Morgan fingerprint density at radius 3 is 2.65 bits per heavy atom. The summed E-state index contributed by atoms with van der Waals surface area (Å²) < 4.78 is 0. The summed E-state index contributed by atoms with van der Waals surface area (Å²) in [4.78, 5) is 11.8. The number of thioether (sulfide) groups is 1. The molecule has 0 saturated carbocycles. The normalized spacial score (nSPS) is 18.1. The fraction of sp³-hybridized carbons (Fsp3) is 0.438. The molecule has 4 heteroatoms. The van der Waals surface area contributed by atoms with Crippen LogP contribution in [0.3, 0.4) is 0 Å². The first-order valence-electron chi connectivity index (χ1n) is 6.90. The molecule has 0 bridgehead atoms. The van der Waals surface area contributed by atoms with E-state index >= 15 is 0 Å². The first-order chi connectivity index (χ1) is 9.57. The second kappa shape index (κ2) is 6.95. The maximum Gasteiger partial charge on any atom is 0.244 e. The summed E-state index contributed by atoms with van der Waals surface area (Å²) in [7, 11) is 0. The first-order valence-corrected chi connectivity index (χ1v) is 8.06. The third kappa shape index (κ3) is 4.69. The molecular formula is C16H21NO2S. The third-order valence-electron chi connectivity index (χ3n) is 3.52. The quantitative estimate of drug-likeness (QED) is 0.837. The molecule has 1 amide bonds. The van der Waals surface area contributed by atoms with Crippen LogP contribution >= 0.6 is 11.8 Å². The highest BCUT2D eigenvalue weighted by Gasteiger charge is 2.29. The zero-order chi connectivity index (χ0) is 14.4. The molecule has 3 nitrogen and oxygen atoms in total. The molecule has 1 aliphatic heterocycles. The second-order valence-corrected chi connectivity index (χ2v) is 6.52. The van der Waals surface area contributed by atoms with Crippen molar-refractivity contribution >= 4 is 23.7 Å². The summed E-state index contributed by atoms with van der Waals surface area (Å²) in [5.41, 5.74) is 1.47. The van der Waals surface area contributed by atoms with Crippen molar-refractivity contribution in [2.45, 2.75) is 25.4 Å². The van der Waals surface area contributed by atoms with Crippen LogP contribution in [-0.2, 0) is 4.79 Å². The van der Waals surface area contributed by atoms with Crippen LogP contribution in [0.4, 0.5) is 0 Å². The van der Waals surface area contributed by atoms with Gasteiger partial charge in [-0.3, -0.25) is 4.79 Å². The van der Waals surface area contributed by atoms with Crippen LogP contribution in [0.5, 0.6) is 0 Å². The van der Waals surface area contributed by atoms with Gasteiger partial charge in [-0.2, -0.15) is 11.8 Å². The van der Waals surface area contributed by atoms with Crippen molar-refractivity contribution in [3.63, 3.8) is 0 Å². The minimum absolute atomic E-state index is 0.155. The molecule has 0 aliphatic carbocycles. The first kappa shape index (κ1) is 15.1. The van der Waals surface area contributed by atoms with Crippen molar-refractivity contribution in [1.82, 2.24) is 5.32 Å². The maximum absolute atomic E-state index is 11.8. The fourth-order valence-corrected chi connectivity index (χ4v) is 3.34. The zero-order valence-electron chi connectivity index (χ0n) is 11.8. The Bertz CT molecular complexity index is 476. The van der Waals surface area contributed by atoms with Crippen molar-refractivity contribution in [3.05, 3.63) is 41.5 Å². The van der Waals surface area contributed by atoms with E-state index in [9.17, 15) is 9.90 Å². The SMILES string of the molecule is Cc1ccc(C=CC(=O)NCC2(O)CCSCC2)cc1. The minimum atomic E-state index is -0.724. The van der Waals surface area contributed by atoms with Crippen LogP contribution in [0.1, 0.15) is 24.0 Å². The Morgan fingerprint density at radius 1 is 1.35 bits per heavy atom. The number of benzene rings is 1. The summed E-state index contributed by atoms with van der Waals surface area (Å²) in [6.07, 6.45) is 4.81. The summed E-state index contributed by atoms with van der Waals surface area (Å²) in [5, 5.41) is 13.1. The van der Waals surface area contributed by atoms with Crippen molar-refractivity contribution in [3.8, 4) is 0 Å². The van der Waals surface area contributed by atoms with Crippen LogP contribution in [0.15, 0.2) is 30.3 Å². The van der Waals surface area contributed by atoms with E-state index in [0.717, 1.165) is 29.9 Å². The molecule has 0 radical (unpaired) electrons. The molecule has 1 saturated heterocycles. The molecule has 0 aromatic heterocycles. The standard InChI is InChI=1S/C16H21NO2S/c1-13-2-4-14(5-3-13)6-7-15(18)17-12-16(19)8-10-20-11-9-16/h2-7,19H,8-12H2,1H3,(H,17,18). The van der Waals surface area contributed by atoms with E-state index in [0.29, 0.717) is 6.54 Å². The van der Waals surface area contributed by atoms with Gasteiger partial charge < -0.3 is 10.4 Å². The summed E-state index contributed by atoms with van der Waals surface area (Å²) in [5.74, 6) is 1.77. The van der Waals surface area contributed by atoms with Gasteiger partial charge in [-0.1, -0.05) is 29.8 Å². The molecule has 0 atom stereocenters. The molecule has 20 heavy (non-hydrogen) atoms. The number of hydrogen-bond acceptors (Lipinski definition) is 3. The lowest BCUT2D eigenvalue weighted by Crippen LogP contribution is -2.44. The van der Waals surface area contributed by atoms with Crippen molar-refractivity contribution in [2.24, 2.45) is 0 Å². The molecule has 2 rings (SSSR count). The largest absolute Gasteiger partial charge is 0.388 e. The Balaban J connectivity index is 1.81. The third-order valence-corrected chi connectivity index (χ3v) is 4.51. The van der Waals surface area contributed by atoms with Crippen LogP contribution in [0.2, 0.25) is 0 Å². The van der Waals surface area contributed by atoms with Crippen molar-refractivity contribution < 1.29 is 9.90 Å². The van der Waals surface area contributed by atoms with E-state index in [4.69, 9.17) is 0 Å². The highest BCUT2D eigenvalue weighted by atomic mass is 32.2. The molecule has 0 unspecified atom stereocenters. The van der Waals surface area contributed by atoms with E-state index < -0.39 is 5.60 Å². The molecule has 1 aromatic carbocycles. The van der Waals surface area contributed by atoms with Crippen LogP contribution < -0.4 is 5.32 Å². The van der Waals surface area contributed by atoms with Gasteiger partial charge in [0, 0.05) is 12.6 Å². The second-order valence-electron chi connectivity index (χ2n) is 5.30. The van der Waals surface area contributed by atoms with Crippen molar-refractivity contribution in [2.75, 3.05) is 18.1 Å². The lowest BCUT2D eigenvalue weighted by Gasteiger charge is -2.31. The number of carbonyl (C=O) groups is 1. The van der Waals surface area contributed by atoms with Gasteiger partial charge in [-0.05, 0) is 42.9 Å². The zero-order valence-corrected chi connectivity index (χ0v) is 12.6. The lowest BCUT2D eigenvalue weighted by molar-refractivity contribution is -0.117. The van der Waals surface area contributed by atoms with Gasteiger partial charge in [0.25, 0.3) is 0 Å². The molecule has 1 heterocycles. The van der Waals surface area contributed by atoms with Gasteiger partial charge >= 0.3 is 0 Å². The highest BCUT2D eigenvalue weighted by molar-refractivity contribution is 7.99. The lowest BCUT2D eigenvalue weighted by atomic mass is 9.97. The van der Waals surface area contributed by atoms with Gasteiger partial charge in [0.2, 0.25) is 5.91 Å². The van der Waals surface area contributed by atoms with Crippen LogP contribution in [-0.4, -0.2) is 34.7 Å². The van der Waals surface area contributed by atoms with Crippen LogP contribution in [0.25, 0.3) is 6.08 Å². The molecular weight excluding hydrogens is 270 g/mol. The number of carbonyl (C=O) groups excluding carboxylic acids is 1. The van der Waals surface area contributed by atoms with Gasteiger partial charge in [0.05, 0.1) is 5.60 Å². The maximum atomic E-state index is 11.8. The van der Waals surface area contributed by atoms with Gasteiger partial charge in [0.1, 0.15) is 0 Å². The predicted octanol–water partition coefficient (Wildman–Crippen LogP) is 2.38. The number of aliphatic hydroxyl groups is 1. The Hall–Kier alpha value is -1.26. The van der Waals surface area contributed by atoms with E-state index in [1.54, 1.807) is 6.08 Å². The number of amides is 1. The summed E-state index contributed by atoms with van der Waals surface area (Å²) >= 11 is 1.85. The molecule has 0 spiro atoms. The smallest absolute Gasteiger partial charge is 0.244 e. The Labute approximate surface area is 124 Å². The van der Waals surface area contributed by atoms with E-state index in [1.165, 1.54) is 11.6 Å². The van der Waals surface area contributed by atoms with E-state index in [2.05, 4.69) is 5.32 Å². The summed E-state index contributed by atoms with van der Waals surface area (Å²) in [6.45, 7) is 2.37. The van der Waals surface area contributed by atoms with Crippen LogP contribution in [0, 0.1) is 6.92 Å². The Kier molecular flexibility index (Phi) is 5.26. The predicted molar refractivity (Wildman–Crippen MR) is 84.7 cm³/mol. The molecule has 2 N–H and O–H groups in total. The van der Waals surface area contributed by atoms with Gasteiger partial charge in [0.15, 0.2) is 0 Å². The molecule has 1 fully saturated rings. The highest BCUT2D eigenvalue weighted by Crippen LogP contribution is 2.26.